The van der Waals surface area contributed by atoms with Gasteiger partial charge in [0.25, 0.3) is 5.91 Å². The van der Waals surface area contributed by atoms with E-state index in [0.29, 0.717) is 11.3 Å². The number of ether oxygens (including phenoxy) is 1. The first-order valence-electron chi connectivity index (χ1n) is 4.78. The van der Waals surface area contributed by atoms with Crippen LogP contribution in [0.2, 0.25) is 0 Å². The predicted octanol–water partition coefficient (Wildman–Crippen LogP) is 0.311. The van der Waals surface area contributed by atoms with Crippen molar-refractivity contribution in [3.8, 4) is 5.75 Å². The van der Waals surface area contributed by atoms with E-state index in [9.17, 15) is 9.59 Å². The summed E-state index contributed by atoms with van der Waals surface area (Å²) in [6, 6.07) is 4.40. The number of benzene rings is 1. The summed E-state index contributed by atoms with van der Waals surface area (Å²) in [5.41, 5.74) is 10.7. The monoisotopic (exact) mass is 235 g/mol. The fourth-order valence-electron chi connectivity index (χ4n) is 1.30. The van der Waals surface area contributed by atoms with Gasteiger partial charge in [0, 0.05) is 5.56 Å². The fourth-order valence-corrected chi connectivity index (χ4v) is 1.30. The Labute approximate surface area is 98.3 Å². The molecule has 0 bridgehead atoms. The number of hydrogen-bond donors (Lipinski definition) is 2. The molecule has 4 N–H and O–H groups in total. The van der Waals surface area contributed by atoms with Gasteiger partial charge in [-0.25, -0.2) is 0 Å². The van der Waals surface area contributed by atoms with Gasteiger partial charge in [0.2, 0.25) is 0 Å². The molecule has 6 heteroatoms. The van der Waals surface area contributed by atoms with E-state index < -0.39 is 5.91 Å². The second-order valence-corrected chi connectivity index (χ2v) is 3.31. The number of amides is 1. The number of nitrogens with two attached hydrogens (primary N) is 2. The highest BCUT2D eigenvalue weighted by molar-refractivity contribution is 6.04. The maximum absolute atomic E-state index is 11.5. The van der Waals surface area contributed by atoms with E-state index in [0.717, 1.165) is 0 Å². The largest absolute Gasteiger partial charge is 0.496 e. The Hall–Kier alpha value is -2.37. The van der Waals surface area contributed by atoms with Gasteiger partial charge < -0.3 is 16.2 Å². The molecule has 0 fully saturated rings. The topological polar surface area (TPSA) is 108 Å². The molecule has 1 aromatic rings. The predicted molar refractivity (Wildman–Crippen MR) is 63.1 cm³/mol. The summed E-state index contributed by atoms with van der Waals surface area (Å²) in [5, 5.41) is 0. The van der Waals surface area contributed by atoms with E-state index >= 15 is 0 Å². The van der Waals surface area contributed by atoms with Crippen molar-refractivity contribution in [1.82, 2.24) is 0 Å². The van der Waals surface area contributed by atoms with Crippen LogP contribution in [0.5, 0.6) is 5.75 Å². The quantitative estimate of drug-likeness (QED) is 0.445. The number of carbonyl (C=O) groups excluding carboxylic acids is 2. The minimum Gasteiger partial charge on any atom is -0.496 e. The van der Waals surface area contributed by atoms with Crippen LogP contribution in [0, 0.1) is 0 Å². The summed E-state index contributed by atoms with van der Waals surface area (Å²) in [4.78, 5) is 26.3. The molecule has 0 aliphatic heterocycles. The number of hydrogen-bond acceptors (Lipinski definition) is 3. The zero-order valence-corrected chi connectivity index (χ0v) is 9.56. The van der Waals surface area contributed by atoms with Gasteiger partial charge in [0.05, 0.1) is 12.7 Å². The van der Waals surface area contributed by atoms with Gasteiger partial charge in [-0.15, -0.1) is 0 Å². The number of ketones is 1. The SMILES string of the molecule is COc1ccc(C(=O)N=C(N)N)cc1C(C)=O. The lowest BCUT2D eigenvalue weighted by Crippen LogP contribution is -2.24. The van der Waals surface area contributed by atoms with Crippen molar-refractivity contribution in [2.24, 2.45) is 16.5 Å². The third-order valence-electron chi connectivity index (χ3n) is 2.06. The van der Waals surface area contributed by atoms with Crippen molar-refractivity contribution >= 4 is 17.6 Å². The Balaban J connectivity index is 3.21. The molecule has 0 aromatic heterocycles. The number of methoxy groups -OCH3 is 1. The minimum absolute atomic E-state index is 0.207. The van der Waals surface area contributed by atoms with Crippen molar-refractivity contribution in [1.29, 1.82) is 0 Å². The molecule has 0 aliphatic carbocycles. The summed E-state index contributed by atoms with van der Waals surface area (Å²) in [7, 11) is 1.44. The van der Waals surface area contributed by atoms with Crippen LogP contribution in [-0.2, 0) is 0 Å². The lowest BCUT2D eigenvalue weighted by atomic mass is 10.1. The maximum atomic E-state index is 11.5. The van der Waals surface area contributed by atoms with E-state index in [1.54, 1.807) is 0 Å². The number of guanidine groups is 1. The smallest absolute Gasteiger partial charge is 0.280 e. The van der Waals surface area contributed by atoms with Crippen LogP contribution in [0.3, 0.4) is 0 Å². The maximum Gasteiger partial charge on any atom is 0.280 e. The molecular formula is C11H13N3O3. The van der Waals surface area contributed by atoms with Crippen LogP contribution in [0.25, 0.3) is 0 Å². The number of carbonyl (C=O) groups is 2. The van der Waals surface area contributed by atoms with Crippen LogP contribution in [-0.4, -0.2) is 24.8 Å². The van der Waals surface area contributed by atoms with Crippen LogP contribution >= 0.6 is 0 Å². The summed E-state index contributed by atoms with van der Waals surface area (Å²) >= 11 is 0. The number of rotatable bonds is 3. The van der Waals surface area contributed by atoms with Gasteiger partial charge in [0.1, 0.15) is 5.75 Å². The zero-order chi connectivity index (χ0) is 13.0. The van der Waals surface area contributed by atoms with Crippen molar-refractivity contribution in [3.63, 3.8) is 0 Å². The van der Waals surface area contributed by atoms with E-state index in [4.69, 9.17) is 16.2 Å². The average Bonchev–Trinajstić information content (AvgIpc) is 2.27. The van der Waals surface area contributed by atoms with Crippen molar-refractivity contribution in [3.05, 3.63) is 29.3 Å². The lowest BCUT2D eigenvalue weighted by Gasteiger charge is -2.06. The van der Waals surface area contributed by atoms with Gasteiger partial charge in [0.15, 0.2) is 11.7 Å². The Bertz CT molecular complexity index is 491. The van der Waals surface area contributed by atoms with Crippen LogP contribution in [0.15, 0.2) is 23.2 Å². The summed E-state index contributed by atoms with van der Waals surface area (Å²) < 4.78 is 5.01. The normalized spacial score (nSPS) is 9.53. The van der Waals surface area contributed by atoms with Crippen LogP contribution < -0.4 is 16.2 Å². The highest BCUT2D eigenvalue weighted by atomic mass is 16.5. The molecule has 0 saturated heterocycles. The highest BCUT2D eigenvalue weighted by Gasteiger charge is 2.12. The molecule has 0 spiro atoms. The highest BCUT2D eigenvalue weighted by Crippen LogP contribution is 2.20. The third-order valence-corrected chi connectivity index (χ3v) is 2.06. The second kappa shape index (κ2) is 5.11. The summed E-state index contributed by atoms with van der Waals surface area (Å²) in [5.74, 6) is -0.731. The number of Topliss-reactive ketones (excluding diaryl/α,β-unsaturated/α-hetero) is 1. The first-order valence-corrected chi connectivity index (χ1v) is 4.78. The Morgan fingerprint density at radius 1 is 1.29 bits per heavy atom. The zero-order valence-electron chi connectivity index (χ0n) is 9.56. The molecule has 90 valence electrons. The molecule has 0 unspecified atom stereocenters. The van der Waals surface area contributed by atoms with Gasteiger partial charge in [-0.2, -0.15) is 4.99 Å². The van der Waals surface area contributed by atoms with Gasteiger partial charge in [-0.3, -0.25) is 9.59 Å². The first-order chi connectivity index (χ1) is 7.95. The molecule has 17 heavy (non-hydrogen) atoms. The standard InChI is InChI=1S/C11H13N3O3/c1-6(15)8-5-7(3-4-9(8)17-2)10(16)14-11(12)13/h3-5H,1-2H3,(H4,12,13,14,16). The Morgan fingerprint density at radius 3 is 2.41 bits per heavy atom. The summed E-state index contributed by atoms with van der Waals surface area (Å²) in [6.45, 7) is 1.38. The molecule has 1 rings (SSSR count). The molecular weight excluding hydrogens is 222 g/mol. The van der Waals surface area contributed by atoms with Crippen LogP contribution in [0.4, 0.5) is 0 Å². The van der Waals surface area contributed by atoms with E-state index in [2.05, 4.69) is 4.99 Å². The molecule has 0 saturated carbocycles. The summed E-state index contributed by atoms with van der Waals surface area (Å²) in [6.07, 6.45) is 0. The fraction of sp³-hybridized carbons (Fsp3) is 0.182. The lowest BCUT2D eigenvalue weighted by molar-refractivity contribution is 0.100. The van der Waals surface area contributed by atoms with Gasteiger partial charge in [-0.1, -0.05) is 0 Å². The van der Waals surface area contributed by atoms with Crippen molar-refractivity contribution in [2.75, 3.05) is 7.11 Å². The molecule has 0 atom stereocenters. The van der Waals surface area contributed by atoms with Crippen molar-refractivity contribution in [2.45, 2.75) is 6.92 Å². The van der Waals surface area contributed by atoms with Crippen molar-refractivity contribution < 1.29 is 14.3 Å². The second-order valence-electron chi connectivity index (χ2n) is 3.31. The molecule has 1 aromatic carbocycles. The number of nitrogens with zero attached hydrogens (tertiary/aromatic N) is 1. The first kappa shape index (κ1) is 12.7. The number of aliphatic imine (C=N–C) groups is 1. The Kier molecular flexibility index (Phi) is 3.82. The van der Waals surface area contributed by atoms with E-state index in [1.807, 2.05) is 0 Å². The van der Waals surface area contributed by atoms with E-state index in [1.165, 1.54) is 32.2 Å². The molecule has 0 radical (unpaired) electrons. The van der Waals surface area contributed by atoms with Crippen LogP contribution in [0.1, 0.15) is 27.6 Å². The minimum atomic E-state index is -0.602. The molecule has 0 aliphatic rings. The molecule has 0 heterocycles. The Morgan fingerprint density at radius 2 is 1.94 bits per heavy atom. The van der Waals surface area contributed by atoms with Gasteiger partial charge in [-0.05, 0) is 25.1 Å². The molecule has 6 nitrogen and oxygen atoms in total. The van der Waals surface area contributed by atoms with Gasteiger partial charge >= 0.3 is 0 Å². The molecule has 1 amide bonds. The van der Waals surface area contributed by atoms with E-state index in [-0.39, 0.29) is 17.3 Å². The average molecular weight is 235 g/mol. The third kappa shape index (κ3) is 3.04.